The van der Waals surface area contributed by atoms with Crippen LogP contribution in [-0.2, 0) is 6.11 Å². The van der Waals surface area contributed by atoms with Crippen LogP contribution in [0.1, 0.15) is 68.1 Å². The molecule has 0 amide bonds. The lowest BCUT2D eigenvalue weighted by molar-refractivity contribution is -0.185. The molecule has 31 heavy (non-hydrogen) atoms. The molecule has 2 aromatic carbocycles. The number of allylic oxidation sites excluding steroid dienone is 2. The molecule has 0 spiro atoms. The van der Waals surface area contributed by atoms with Gasteiger partial charge in [-0.25, -0.2) is 8.78 Å². The number of halogens is 4. The van der Waals surface area contributed by atoms with Crippen molar-refractivity contribution in [3.63, 3.8) is 0 Å². The molecule has 1 saturated carbocycles. The maximum absolute atomic E-state index is 14.5. The molecular formula is C25H25F4NO. The van der Waals surface area contributed by atoms with Crippen molar-refractivity contribution in [1.29, 1.82) is 5.26 Å². The summed E-state index contributed by atoms with van der Waals surface area (Å²) in [7, 11) is 0. The van der Waals surface area contributed by atoms with Gasteiger partial charge in [0, 0.05) is 12.1 Å². The SMILES string of the molecule is CCC/C=C\[C@H]1CC[C@H](c2ccc(C(F)(F)Oc3cc(F)c(C#N)c(F)c3)cc2)CC1. The second kappa shape index (κ2) is 10.00. The zero-order chi connectivity index (χ0) is 22.4. The van der Waals surface area contributed by atoms with E-state index in [1.54, 1.807) is 12.1 Å². The van der Waals surface area contributed by atoms with Crippen LogP contribution >= 0.6 is 0 Å². The summed E-state index contributed by atoms with van der Waals surface area (Å²) in [5, 5.41) is 8.67. The summed E-state index contributed by atoms with van der Waals surface area (Å²) in [4.78, 5) is 0. The first-order valence-electron chi connectivity index (χ1n) is 10.6. The highest BCUT2D eigenvalue weighted by Crippen LogP contribution is 2.38. The van der Waals surface area contributed by atoms with Crippen LogP contribution in [-0.4, -0.2) is 0 Å². The lowest BCUT2D eigenvalue weighted by Crippen LogP contribution is -2.22. The molecule has 0 N–H and O–H groups in total. The molecule has 0 bridgehead atoms. The number of hydrogen-bond donors (Lipinski definition) is 0. The normalized spacial score (nSPS) is 19.4. The highest BCUT2D eigenvalue weighted by molar-refractivity contribution is 5.38. The quantitative estimate of drug-likeness (QED) is 0.334. The Hall–Kier alpha value is -2.81. The molecule has 0 atom stereocenters. The van der Waals surface area contributed by atoms with Crippen LogP contribution in [0.15, 0.2) is 48.6 Å². The van der Waals surface area contributed by atoms with Crippen molar-refractivity contribution >= 4 is 0 Å². The van der Waals surface area contributed by atoms with Crippen LogP contribution in [0, 0.1) is 28.9 Å². The van der Waals surface area contributed by atoms with Crippen molar-refractivity contribution in [1.82, 2.24) is 0 Å². The van der Waals surface area contributed by atoms with Gasteiger partial charge in [0.25, 0.3) is 0 Å². The minimum atomic E-state index is -3.77. The molecule has 0 radical (unpaired) electrons. The van der Waals surface area contributed by atoms with E-state index < -0.39 is 34.6 Å². The monoisotopic (exact) mass is 431 g/mol. The molecule has 0 saturated heterocycles. The first-order chi connectivity index (χ1) is 14.8. The lowest BCUT2D eigenvalue weighted by Gasteiger charge is -2.27. The van der Waals surface area contributed by atoms with E-state index in [4.69, 9.17) is 5.26 Å². The molecule has 0 aromatic heterocycles. The minimum Gasteiger partial charge on any atom is -0.429 e. The smallest absolute Gasteiger partial charge is 0.426 e. The molecule has 0 heterocycles. The zero-order valence-electron chi connectivity index (χ0n) is 17.4. The van der Waals surface area contributed by atoms with Gasteiger partial charge in [0.1, 0.15) is 29.0 Å². The van der Waals surface area contributed by atoms with E-state index in [1.807, 2.05) is 0 Å². The summed E-state index contributed by atoms with van der Waals surface area (Å²) < 4.78 is 60.9. The molecule has 2 aromatic rings. The second-order valence-corrected chi connectivity index (χ2v) is 7.94. The molecule has 1 aliphatic rings. The van der Waals surface area contributed by atoms with Crippen LogP contribution in [0.3, 0.4) is 0 Å². The topological polar surface area (TPSA) is 33.0 Å². The Morgan fingerprint density at radius 1 is 1.06 bits per heavy atom. The third-order valence-corrected chi connectivity index (χ3v) is 5.73. The van der Waals surface area contributed by atoms with Gasteiger partial charge in [-0.2, -0.15) is 14.0 Å². The predicted molar refractivity (Wildman–Crippen MR) is 111 cm³/mol. The van der Waals surface area contributed by atoms with E-state index in [-0.39, 0.29) is 0 Å². The molecule has 1 aliphatic carbocycles. The van der Waals surface area contributed by atoms with Gasteiger partial charge in [-0.3, -0.25) is 0 Å². The fourth-order valence-electron chi connectivity index (χ4n) is 3.97. The van der Waals surface area contributed by atoms with Gasteiger partial charge in [-0.15, -0.1) is 0 Å². The van der Waals surface area contributed by atoms with E-state index >= 15 is 0 Å². The summed E-state index contributed by atoms with van der Waals surface area (Å²) >= 11 is 0. The number of nitrogens with zero attached hydrogens (tertiary/aromatic N) is 1. The lowest BCUT2D eigenvalue weighted by atomic mass is 9.78. The van der Waals surface area contributed by atoms with Gasteiger partial charge < -0.3 is 4.74 Å². The molecular weight excluding hydrogens is 406 g/mol. The highest BCUT2D eigenvalue weighted by atomic mass is 19.3. The fraction of sp³-hybridized carbons (Fsp3) is 0.400. The van der Waals surface area contributed by atoms with Crippen LogP contribution in [0.5, 0.6) is 5.75 Å². The van der Waals surface area contributed by atoms with Crippen molar-refractivity contribution in [3.05, 3.63) is 76.9 Å². The summed E-state index contributed by atoms with van der Waals surface area (Å²) in [5.41, 5.74) is -0.237. The number of alkyl halides is 2. The van der Waals surface area contributed by atoms with E-state index in [0.29, 0.717) is 24.0 Å². The van der Waals surface area contributed by atoms with Crippen LogP contribution in [0.2, 0.25) is 0 Å². The van der Waals surface area contributed by atoms with Gasteiger partial charge in [-0.05, 0) is 61.6 Å². The van der Waals surface area contributed by atoms with Gasteiger partial charge in [0.15, 0.2) is 0 Å². The number of benzene rings is 2. The molecule has 1 fully saturated rings. The molecule has 0 aliphatic heterocycles. The van der Waals surface area contributed by atoms with Crippen molar-refractivity contribution in [3.8, 4) is 11.8 Å². The first-order valence-corrected chi connectivity index (χ1v) is 10.6. The Balaban J connectivity index is 1.65. The second-order valence-electron chi connectivity index (χ2n) is 7.94. The van der Waals surface area contributed by atoms with Gasteiger partial charge >= 0.3 is 6.11 Å². The Labute approximate surface area is 180 Å². The number of nitriles is 1. The summed E-state index contributed by atoms with van der Waals surface area (Å²) in [6.45, 7) is 2.15. The van der Waals surface area contributed by atoms with Gasteiger partial charge in [0.2, 0.25) is 0 Å². The highest BCUT2D eigenvalue weighted by Gasteiger charge is 2.35. The average Bonchev–Trinajstić information content (AvgIpc) is 2.74. The standard InChI is InChI=1S/C25H25F4NO/c1-2-3-4-5-17-6-8-18(9-7-17)19-10-12-20(13-11-19)25(28,29)31-21-14-23(26)22(16-30)24(27)15-21/h4-5,10-15,17-18H,2-3,6-9H2,1H3/b5-4-/t17-,18-. The Morgan fingerprint density at radius 3 is 2.23 bits per heavy atom. The zero-order valence-corrected chi connectivity index (χ0v) is 17.4. The third kappa shape index (κ3) is 5.66. The fourth-order valence-corrected chi connectivity index (χ4v) is 3.97. The molecule has 0 unspecified atom stereocenters. The van der Waals surface area contributed by atoms with Crippen LogP contribution in [0.25, 0.3) is 0 Å². The first kappa shape index (κ1) is 22.9. The van der Waals surface area contributed by atoms with E-state index in [1.165, 1.54) is 18.2 Å². The van der Waals surface area contributed by atoms with E-state index in [9.17, 15) is 17.6 Å². The largest absolute Gasteiger partial charge is 0.429 e. The molecule has 164 valence electrons. The van der Waals surface area contributed by atoms with Crippen molar-refractivity contribution in [2.45, 2.75) is 57.5 Å². The molecule has 2 nitrogen and oxygen atoms in total. The maximum atomic E-state index is 14.5. The van der Waals surface area contributed by atoms with Crippen LogP contribution < -0.4 is 4.74 Å². The van der Waals surface area contributed by atoms with E-state index in [0.717, 1.165) is 44.1 Å². The number of ether oxygens (including phenoxy) is 1. The summed E-state index contributed by atoms with van der Waals surface area (Å²) in [5.74, 6) is -2.25. The maximum Gasteiger partial charge on any atom is 0.426 e. The predicted octanol–water partition coefficient (Wildman–Crippen LogP) is 7.59. The van der Waals surface area contributed by atoms with Crippen molar-refractivity contribution in [2.24, 2.45) is 5.92 Å². The Bertz CT molecular complexity index is 931. The summed E-state index contributed by atoms with van der Waals surface area (Å²) in [6.07, 6.45) is 7.20. The van der Waals surface area contributed by atoms with E-state index in [2.05, 4.69) is 23.8 Å². The summed E-state index contributed by atoms with van der Waals surface area (Å²) in [6, 6.07) is 8.43. The number of unbranched alkanes of at least 4 members (excludes halogenated alkanes) is 1. The molecule has 3 rings (SSSR count). The number of hydrogen-bond acceptors (Lipinski definition) is 2. The van der Waals surface area contributed by atoms with Crippen molar-refractivity contribution in [2.75, 3.05) is 0 Å². The van der Waals surface area contributed by atoms with Crippen LogP contribution in [0.4, 0.5) is 17.6 Å². The third-order valence-electron chi connectivity index (χ3n) is 5.73. The van der Waals surface area contributed by atoms with Gasteiger partial charge in [0.05, 0.1) is 5.56 Å². The van der Waals surface area contributed by atoms with Gasteiger partial charge in [-0.1, -0.05) is 37.6 Å². The average molecular weight is 431 g/mol. The van der Waals surface area contributed by atoms with Crippen molar-refractivity contribution < 1.29 is 22.3 Å². The minimum absolute atomic E-state index is 0.334. The Kier molecular flexibility index (Phi) is 7.37. The number of rotatable bonds is 7. The Morgan fingerprint density at radius 2 is 1.68 bits per heavy atom. The molecule has 6 heteroatoms.